The molecule has 1 aromatic rings. The van der Waals surface area contributed by atoms with E-state index in [1.165, 1.54) is 0 Å². The van der Waals surface area contributed by atoms with Gasteiger partial charge < -0.3 is 9.47 Å². The largest absolute Gasteiger partial charge is 0.496 e. The molecule has 0 fully saturated rings. The number of methoxy groups -OCH3 is 1. The molecule has 16 heavy (non-hydrogen) atoms. The van der Waals surface area contributed by atoms with Crippen molar-refractivity contribution in [1.82, 2.24) is 0 Å². The number of rotatable bonds is 2. The Balaban J connectivity index is 2.85. The van der Waals surface area contributed by atoms with Gasteiger partial charge in [0.25, 0.3) is 0 Å². The highest BCUT2D eigenvalue weighted by Gasteiger charge is 1.98. The Morgan fingerprint density at radius 2 is 2.19 bits per heavy atom. The van der Waals surface area contributed by atoms with Crippen LogP contribution in [-0.2, 0) is 9.53 Å². The van der Waals surface area contributed by atoms with Gasteiger partial charge in [-0.2, -0.15) is 0 Å². The van der Waals surface area contributed by atoms with Crippen LogP contribution in [0.3, 0.4) is 0 Å². The summed E-state index contributed by atoms with van der Waals surface area (Å²) in [7, 11) is 1.60. The molecule has 1 rings (SSSR count). The highest BCUT2D eigenvalue weighted by atomic mass is 16.5. The van der Waals surface area contributed by atoms with Gasteiger partial charge in [0.15, 0.2) is 0 Å². The molecule has 0 saturated heterocycles. The lowest BCUT2D eigenvalue weighted by Crippen LogP contribution is -1.99. The fourth-order valence-corrected chi connectivity index (χ4v) is 1.19. The molecular weight excluding hydrogens is 204 g/mol. The number of hydrogen-bond acceptors (Lipinski definition) is 3. The predicted octanol–water partition coefficient (Wildman–Crippen LogP) is 1.92. The maximum absolute atomic E-state index is 11.0. The first-order valence-corrected chi connectivity index (χ1v) is 5.00. The number of benzene rings is 1. The van der Waals surface area contributed by atoms with Crippen LogP contribution in [0.4, 0.5) is 0 Å². The fourth-order valence-electron chi connectivity index (χ4n) is 1.19. The average Bonchev–Trinajstić information content (AvgIpc) is 2.28. The molecule has 0 unspecified atom stereocenters. The Hall–Kier alpha value is -1.95. The second-order valence-electron chi connectivity index (χ2n) is 3.15. The summed E-state index contributed by atoms with van der Waals surface area (Å²) in [6, 6.07) is 5.53. The lowest BCUT2D eigenvalue weighted by molar-refractivity contribution is -0.136. The number of esters is 1. The van der Waals surface area contributed by atoms with Crippen LogP contribution in [0.1, 0.15) is 18.1 Å². The molecule has 0 amide bonds. The van der Waals surface area contributed by atoms with Crippen LogP contribution in [-0.4, -0.2) is 19.7 Å². The average molecular weight is 218 g/mol. The SMILES string of the molecule is CCOC(=O)C#Cc1ccc(C)c(OC)c1. The Kier molecular flexibility index (Phi) is 4.41. The van der Waals surface area contributed by atoms with E-state index in [4.69, 9.17) is 9.47 Å². The molecule has 0 saturated carbocycles. The van der Waals surface area contributed by atoms with Crippen LogP contribution in [0, 0.1) is 18.8 Å². The van der Waals surface area contributed by atoms with Crippen molar-refractivity contribution in [2.24, 2.45) is 0 Å². The first-order chi connectivity index (χ1) is 7.67. The summed E-state index contributed by atoms with van der Waals surface area (Å²) in [4.78, 5) is 11.0. The van der Waals surface area contributed by atoms with Gasteiger partial charge in [0.2, 0.25) is 0 Å². The molecule has 0 aromatic heterocycles. The maximum Gasteiger partial charge on any atom is 0.384 e. The van der Waals surface area contributed by atoms with E-state index in [1.807, 2.05) is 19.1 Å². The van der Waals surface area contributed by atoms with E-state index >= 15 is 0 Å². The molecule has 0 bridgehead atoms. The van der Waals surface area contributed by atoms with E-state index in [0.29, 0.717) is 6.61 Å². The maximum atomic E-state index is 11.0. The molecule has 0 spiro atoms. The highest BCUT2D eigenvalue weighted by molar-refractivity contribution is 5.89. The topological polar surface area (TPSA) is 35.5 Å². The smallest absolute Gasteiger partial charge is 0.384 e. The van der Waals surface area contributed by atoms with Crippen molar-refractivity contribution in [3.8, 4) is 17.6 Å². The Morgan fingerprint density at radius 3 is 2.81 bits per heavy atom. The third kappa shape index (κ3) is 3.32. The number of ether oxygens (including phenoxy) is 2. The Bertz CT molecular complexity index is 438. The first-order valence-electron chi connectivity index (χ1n) is 5.00. The van der Waals surface area contributed by atoms with E-state index in [1.54, 1.807) is 20.1 Å². The molecule has 1 aromatic carbocycles. The minimum absolute atomic E-state index is 0.338. The lowest BCUT2D eigenvalue weighted by atomic mass is 10.1. The summed E-state index contributed by atoms with van der Waals surface area (Å²) in [5.41, 5.74) is 1.76. The van der Waals surface area contributed by atoms with Crippen molar-refractivity contribution in [3.63, 3.8) is 0 Å². The molecule has 0 N–H and O–H groups in total. The number of aryl methyl sites for hydroxylation is 1. The standard InChI is InChI=1S/C13H14O3/c1-4-16-13(14)8-7-11-6-5-10(2)12(9-11)15-3/h5-6,9H,4H2,1-3H3. The third-order valence-electron chi connectivity index (χ3n) is 1.99. The summed E-state index contributed by atoms with van der Waals surface area (Å²) < 4.78 is 9.86. The summed E-state index contributed by atoms with van der Waals surface area (Å²) in [5, 5.41) is 0. The molecule has 3 heteroatoms. The van der Waals surface area contributed by atoms with Crippen molar-refractivity contribution in [2.75, 3.05) is 13.7 Å². The van der Waals surface area contributed by atoms with Crippen LogP contribution in [0.15, 0.2) is 18.2 Å². The monoisotopic (exact) mass is 218 g/mol. The normalized spacial score (nSPS) is 8.94. The molecule has 84 valence electrons. The number of carbonyl (C=O) groups is 1. The van der Waals surface area contributed by atoms with Gasteiger partial charge >= 0.3 is 5.97 Å². The molecule has 0 aliphatic heterocycles. The zero-order valence-corrected chi connectivity index (χ0v) is 9.66. The van der Waals surface area contributed by atoms with Crippen LogP contribution >= 0.6 is 0 Å². The van der Waals surface area contributed by atoms with Gasteiger partial charge in [-0.1, -0.05) is 12.0 Å². The van der Waals surface area contributed by atoms with Gasteiger partial charge in [0, 0.05) is 11.5 Å². The number of hydrogen-bond donors (Lipinski definition) is 0. The van der Waals surface area contributed by atoms with E-state index in [0.717, 1.165) is 16.9 Å². The van der Waals surface area contributed by atoms with E-state index in [-0.39, 0.29) is 0 Å². The fraction of sp³-hybridized carbons (Fsp3) is 0.308. The van der Waals surface area contributed by atoms with Crippen LogP contribution in [0.25, 0.3) is 0 Å². The van der Waals surface area contributed by atoms with Crippen molar-refractivity contribution in [3.05, 3.63) is 29.3 Å². The quantitative estimate of drug-likeness (QED) is 0.562. The third-order valence-corrected chi connectivity index (χ3v) is 1.99. The molecular formula is C13H14O3. The molecule has 0 aliphatic rings. The van der Waals surface area contributed by atoms with Crippen molar-refractivity contribution in [2.45, 2.75) is 13.8 Å². The molecule has 0 atom stereocenters. The zero-order valence-electron chi connectivity index (χ0n) is 9.66. The van der Waals surface area contributed by atoms with Crippen molar-refractivity contribution >= 4 is 5.97 Å². The molecule has 0 heterocycles. The van der Waals surface area contributed by atoms with Gasteiger partial charge in [-0.25, -0.2) is 4.79 Å². The van der Waals surface area contributed by atoms with E-state index < -0.39 is 5.97 Å². The van der Waals surface area contributed by atoms with Crippen molar-refractivity contribution in [1.29, 1.82) is 0 Å². The Morgan fingerprint density at radius 1 is 1.44 bits per heavy atom. The predicted molar refractivity (Wildman–Crippen MR) is 61.2 cm³/mol. The molecule has 3 nitrogen and oxygen atoms in total. The minimum atomic E-state index is -0.512. The summed E-state index contributed by atoms with van der Waals surface area (Å²) in [5.74, 6) is 5.38. The Labute approximate surface area is 95.4 Å². The molecule has 0 aliphatic carbocycles. The van der Waals surface area contributed by atoms with Crippen LogP contribution < -0.4 is 4.74 Å². The molecule has 0 radical (unpaired) electrons. The first kappa shape index (κ1) is 12.1. The highest BCUT2D eigenvalue weighted by Crippen LogP contribution is 2.18. The summed E-state index contributed by atoms with van der Waals surface area (Å²) in [6.45, 7) is 4.03. The second-order valence-corrected chi connectivity index (χ2v) is 3.15. The van der Waals surface area contributed by atoms with Gasteiger partial charge in [-0.3, -0.25) is 0 Å². The van der Waals surface area contributed by atoms with Crippen LogP contribution in [0.5, 0.6) is 5.75 Å². The van der Waals surface area contributed by atoms with Gasteiger partial charge in [-0.05, 0) is 31.5 Å². The number of carbonyl (C=O) groups excluding carboxylic acids is 1. The van der Waals surface area contributed by atoms with Crippen molar-refractivity contribution < 1.29 is 14.3 Å². The summed E-state index contributed by atoms with van der Waals surface area (Å²) >= 11 is 0. The minimum Gasteiger partial charge on any atom is -0.496 e. The van der Waals surface area contributed by atoms with E-state index in [9.17, 15) is 4.79 Å². The van der Waals surface area contributed by atoms with Crippen LogP contribution in [0.2, 0.25) is 0 Å². The summed E-state index contributed by atoms with van der Waals surface area (Å²) in [6.07, 6.45) is 0. The second kappa shape index (κ2) is 5.82. The zero-order chi connectivity index (χ0) is 12.0. The van der Waals surface area contributed by atoms with Gasteiger partial charge in [0.1, 0.15) is 5.75 Å². The van der Waals surface area contributed by atoms with Gasteiger partial charge in [-0.15, -0.1) is 0 Å². The van der Waals surface area contributed by atoms with Gasteiger partial charge in [0.05, 0.1) is 13.7 Å². The lowest BCUT2D eigenvalue weighted by Gasteiger charge is -2.03. The van der Waals surface area contributed by atoms with E-state index in [2.05, 4.69) is 11.8 Å².